The fourth-order valence-electron chi connectivity index (χ4n) is 3.53. The number of carbonyl (C=O) groups is 1. The van der Waals surface area contributed by atoms with E-state index in [1.54, 1.807) is 54.8 Å². The monoisotopic (exact) mass is 446 g/mol. The maximum Gasteiger partial charge on any atom is 0.266 e. The van der Waals surface area contributed by atoms with E-state index in [0.29, 0.717) is 48.5 Å². The number of nitrogens with zero attached hydrogens (tertiary/aromatic N) is 4. The van der Waals surface area contributed by atoms with Gasteiger partial charge in [0.1, 0.15) is 5.75 Å². The Morgan fingerprint density at radius 2 is 1.90 bits per heavy atom. The third-order valence-corrected chi connectivity index (χ3v) is 6.11. The molecule has 0 radical (unpaired) electrons. The third kappa shape index (κ3) is 4.50. The summed E-state index contributed by atoms with van der Waals surface area (Å²) in [4.78, 5) is 34.5. The van der Waals surface area contributed by atoms with E-state index in [1.165, 1.54) is 11.3 Å². The molecule has 1 aliphatic heterocycles. The Kier molecular flexibility index (Phi) is 5.81. The van der Waals surface area contributed by atoms with E-state index < -0.39 is 5.60 Å². The van der Waals surface area contributed by atoms with Gasteiger partial charge in [0.2, 0.25) is 0 Å². The van der Waals surface area contributed by atoms with Crippen LogP contribution in [0.2, 0.25) is 5.02 Å². The summed E-state index contributed by atoms with van der Waals surface area (Å²) in [5, 5.41) is 2.48. The molecular formula is C21H23ClN4O3S. The Morgan fingerprint density at radius 3 is 2.60 bits per heavy atom. The SMILES string of the molecule is CC(C)(Oc1ccc(Cl)cc1)C(=O)N1CCN(Cc2cc(=O)n3ccsc3n2)CC1. The number of hydrogen-bond acceptors (Lipinski definition) is 6. The van der Waals surface area contributed by atoms with Crippen LogP contribution in [0.3, 0.4) is 0 Å². The van der Waals surface area contributed by atoms with E-state index in [0.717, 1.165) is 5.69 Å². The van der Waals surface area contributed by atoms with Crippen molar-refractivity contribution >= 4 is 33.8 Å². The van der Waals surface area contributed by atoms with Gasteiger partial charge in [-0.05, 0) is 38.1 Å². The predicted molar refractivity (Wildman–Crippen MR) is 117 cm³/mol. The minimum Gasteiger partial charge on any atom is -0.478 e. The van der Waals surface area contributed by atoms with E-state index in [1.807, 2.05) is 10.3 Å². The van der Waals surface area contributed by atoms with Crippen LogP contribution >= 0.6 is 22.9 Å². The van der Waals surface area contributed by atoms with Gasteiger partial charge in [-0.2, -0.15) is 0 Å². The van der Waals surface area contributed by atoms with Crippen LogP contribution < -0.4 is 10.3 Å². The van der Waals surface area contributed by atoms with E-state index >= 15 is 0 Å². The fourth-order valence-corrected chi connectivity index (χ4v) is 4.39. The Balaban J connectivity index is 1.35. The van der Waals surface area contributed by atoms with E-state index in [-0.39, 0.29) is 11.5 Å². The summed E-state index contributed by atoms with van der Waals surface area (Å²) < 4.78 is 7.48. The van der Waals surface area contributed by atoms with Crippen molar-refractivity contribution in [2.24, 2.45) is 0 Å². The number of hydrogen-bond donors (Lipinski definition) is 0. The first-order valence-corrected chi connectivity index (χ1v) is 11.0. The van der Waals surface area contributed by atoms with Gasteiger partial charge in [0.05, 0.1) is 5.69 Å². The van der Waals surface area contributed by atoms with Crippen molar-refractivity contribution in [3.63, 3.8) is 0 Å². The van der Waals surface area contributed by atoms with Crippen LogP contribution in [0.15, 0.2) is 46.7 Å². The highest BCUT2D eigenvalue weighted by atomic mass is 35.5. The lowest BCUT2D eigenvalue weighted by Gasteiger charge is -2.38. The molecule has 1 amide bonds. The fraction of sp³-hybridized carbons (Fsp3) is 0.381. The quantitative estimate of drug-likeness (QED) is 0.602. The lowest BCUT2D eigenvalue weighted by Crippen LogP contribution is -2.55. The van der Waals surface area contributed by atoms with E-state index in [2.05, 4.69) is 9.88 Å². The second kappa shape index (κ2) is 8.37. The van der Waals surface area contributed by atoms with Gasteiger partial charge in [0.25, 0.3) is 11.5 Å². The molecule has 3 aromatic rings. The number of halogens is 1. The minimum atomic E-state index is -0.976. The molecule has 9 heteroatoms. The van der Waals surface area contributed by atoms with Crippen LogP contribution in [0.25, 0.3) is 4.96 Å². The summed E-state index contributed by atoms with van der Waals surface area (Å²) >= 11 is 7.36. The number of aromatic nitrogens is 2. The van der Waals surface area contributed by atoms with Gasteiger partial charge in [-0.15, -0.1) is 11.3 Å². The standard InChI is InChI=1S/C21H23ClN4O3S/c1-21(2,29-17-5-3-15(22)4-6-17)19(28)25-9-7-24(8-10-25)14-16-13-18(27)26-11-12-30-20(26)23-16/h3-6,11-13H,7-10,14H2,1-2H3. The van der Waals surface area contributed by atoms with Gasteiger partial charge in [-0.3, -0.25) is 18.9 Å². The highest BCUT2D eigenvalue weighted by molar-refractivity contribution is 7.15. The highest BCUT2D eigenvalue weighted by Gasteiger charge is 2.35. The number of benzene rings is 1. The number of piperazine rings is 1. The topological polar surface area (TPSA) is 67.2 Å². The number of fused-ring (bicyclic) bond motifs is 1. The number of thiazole rings is 1. The van der Waals surface area contributed by atoms with Crippen molar-refractivity contribution in [1.29, 1.82) is 0 Å². The maximum absolute atomic E-state index is 13.0. The molecule has 1 aromatic carbocycles. The first kappa shape index (κ1) is 20.8. The van der Waals surface area contributed by atoms with Crippen LogP contribution in [0.4, 0.5) is 0 Å². The van der Waals surface area contributed by atoms with Crippen LogP contribution in [0.1, 0.15) is 19.5 Å². The van der Waals surface area contributed by atoms with Gasteiger partial charge in [0, 0.05) is 55.4 Å². The molecule has 0 atom stereocenters. The van der Waals surface area contributed by atoms with Crippen molar-refractivity contribution in [3.8, 4) is 5.75 Å². The van der Waals surface area contributed by atoms with Gasteiger partial charge in [-0.25, -0.2) is 4.98 Å². The van der Waals surface area contributed by atoms with E-state index in [9.17, 15) is 9.59 Å². The van der Waals surface area contributed by atoms with Crippen LogP contribution in [0.5, 0.6) is 5.75 Å². The summed E-state index contributed by atoms with van der Waals surface area (Å²) in [6.07, 6.45) is 1.73. The van der Waals surface area contributed by atoms with Crippen molar-refractivity contribution in [1.82, 2.24) is 19.2 Å². The van der Waals surface area contributed by atoms with Crippen molar-refractivity contribution in [2.75, 3.05) is 26.2 Å². The number of amides is 1. The molecular weight excluding hydrogens is 424 g/mol. The lowest BCUT2D eigenvalue weighted by atomic mass is 10.1. The Labute approximate surface area is 183 Å². The molecule has 3 heterocycles. The zero-order valence-electron chi connectivity index (χ0n) is 16.9. The Morgan fingerprint density at radius 1 is 1.20 bits per heavy atom. The molecule has 4 rings (SSSR count). The van der Waals surface area contributed by atoms with Crippen molar-refractivity contribution in [3.05, 3.63) is 63.0 Å². The summed E-state index contributed by atoms with van der Waals surface area (Å²) in [5.41, 5.74) is -0.281. The molecule has 0 spiro atoms. The summed E-state index contributed by atoms with van der Waals surface area (Å²) in [6.45, 7) is 6.80. The minimum absolute atomic E-state index is 0.0477. The molecule has 30 heavy (non-hydrogen) atoms. The second-order valence-electron chi connectivity index (χ2n) is 7.78. The maximum atomic E-state index is 13.0. The predicted octanol–water partition coefficient (Wildman–Crippen LogP) is 2.91. The molecule has 0 aliphatic carbocycles. The molecule has 1 fully saturated rings. The summed E-state index contributed by atoms with van der Waals surface area (Å²) in [5.74, 6) is 0.561. The zero-order chi connectivity index (χ0) is 21.3. The summed E-state index contributed by atoms with van der Waals surface area (Å²) in [7, 11) is 0. The molecule has 1 saturated heterocycles. The summed E-state index contributed by atoms with van der Waals surface area (Å²) in [6, 6.07) is 8.58. The number of rotatable bonds is 5. The van der Waals surface area contributed by atoms with Crippen molar-refractivity contribution < 1.29 is 9.53 Å². The number of ether oxygens (including phenoxy) is 1. The van der Waals surface area contributed by atoms with Crippen LogP contribution in [0, 0.1) is 0 Å². The first-order chi connectivity index (χ1) is 14.3. The third-order valence-electron chi connectivity index (χ3n) is 5.10. The van der Waals surface area contributed by atoms with Gasteiger partial charge in [-0.1, -0.05) is 11.6 Å². The van der Waals surface area contributed by atoms with Crippen LogP contribution in [-0.2, 0) is 11.3 Å². The molecule has 0 saturated carbocycles. The van der Waals surface area contributed by atoms with Gasteiger partial charge < -0.3 is 9.64 Å². The molecule has 0 N–H and O–H groups in total. The average molecular weight is 447 g/mol. The molecule has 1 aliphatic rings. The average Bonchev–Trinajstić information content (AvgIpc) is 3.19. The molecule has 0 unspecified atom stereocenters. The molecule has 0 bridgehead atoms. The van der Waals surface area contributed by atoms with Gasteiger partial charge in [0.15, 0.2) is 10.6 Å². The normalized spacial score (nSPS) is 15.5. The van der Waals surface area contributed by atoms with E-state index in [4.69, 9.17) is 16.3 Å². The van der Waals surface area contributed by atoms with Gasteiger partial charge >= 0.3 is 0 Å². The Bertz CT molecular complexity index is 1100. The highest BCUT2D eigenvalue weighted by Crippen LogP contribution is 2.23. The molecule has 158 valence electrons. The zero-order valence-corrected chi connectivity index (χ0v) is 18.4. The lowest BCUT2D eigenvalue weighted by molar-refractivity contribution is -0.147. The van der Waals surface area contributed by atoms with Crippen molar-refractivity contribution in [2.45, 2.75) is 26.0 Å². The second-order valence-corrected chi connectivity index (χ2v) is 9.09. The first-order valence-electron chi connectivity index (χ1n) is 9.74. The molecule has 7 nitrogen and oxygen atoms in total. The smallest absolute Gasteiger partial charge is 0.266 e. The Hall–Kier alpha value is -2.42. The largest absolute Gasteiger partial charge is 0.478 e. The van der Waals surface area contributed by atoms with Crippen LogP contribution in [-0.4, -0.2) is 56.9 Å². The molecule has 2 aromatic heterocycles. The number of carbonyl (C=O) groups excluding carboxylic acids is 1.